The van der Waals surface area contributed by atoms with Crippen LogP contribution in [0, 0.1) is 11.8 Å². The van der Waals surface area contributed by atoms with Crippen molar-refractivity contribution in [1.82, 2.24) is 0 Å². The van der Waals surface area contributed by atoms with Crippen molar-refractivity contribution in [3.63, 3.8) is 0 Å². The van der Waals surface area contributed by atoms with Crippen LogP contribution in [0.25, 0.3) is 0 Å². The van der Waals surface area contributed by atoms with E-state index in [0.717, 1.165) is 50.5 Å². The van der Waals surface area contributed by atoms with Crippen molar-refractivity contribution in [2.45, 2.75) is 64.9 Å². The largest absolute Gasteiger partial charge is 0.465 e. The first kappa shape index (κ1) is 19.5. The maximum atomic E-state index is 12.5. The van der Waals surface area contributed by atoms with Gasteiger partial charge in [0, 0.05) is 0 Å². The van der Waals surface area contributed by atoms with Crippen LogP contribution in [0.4, 0.5) is 0 Å². The molecule has 1 aromatic rings. The minimum atomic E-state index is -0.361. The number of esters is 2. The predicted molar refractivity (Wildman–Crippen MR) is 96.8 cm³/mol. The number of benzene rings is 1. The second-order valence-electron chi connectivity index (χ2n) is 6.82. The third-order valence-electron chi connectivity index (χ3n) is 4.84. The van der Waals surface area contributed by atoms with E-state index >= 15 is 0 Å². The third kappa shape index (κ3) is 6.52. The van der Waals surface area contributed by atoms with E-state index in [0.29, 0.717) is 13.0 Å². The monoisotopic (exact) mass is 346 g/mol. The number of hydrogen-bond donors (Lipinski definition) is 0. The summed E-state index contributed by atoms with van der Waals surface area (Å²) in [5, 5.41) is 0. The molecule has 1 saturated carbocycles. The van der Waals surface area contributed by atoms with E-state index in [4.69, 9.17) is 9.47 Å². The second-order valence-corrected chi connectivity index (χ2v) is 6.82. The Morgan fingerprint density at radius 3 is 2.20 bits per heavy atom. The number of carbonyl (C=O) groups excluding carboxylic acids is 2. The summed E-state index contributed by atoms with van der Waals surface area (Å²) in [7, 11) is 0. The zero-order valence-corrected chi connectivity index (χ0v) is 15.2. The first-order valence-corrected chi connectivity index (χ1v) is 9.59. The highest BCUT2D eigenvalue weighted by Gasteiger charge is 2.37. The molecule has 2 unspecified atom stereocenters. The van der Waals surface area contributed by atoms with Gasteiger partial charge in [-0.05, 0) is 24.8 Å². The molecule has 0 bridgehead atoms. The lowest BCUT2D eigenvalue weighted by Gasteiger charge is -2.28. The maximum Gasteiger partial charge on any atom is 0.310 e. The van der Waals surface area contributed by atoms with Gasteiger partial charge >= 0.3 is 11.9 Å². The van der Waals surface area contributed by atoms with Crippen molar-refractivity contribution in [3.8, 4) is 0 Å². The molecule has 1 aliphatic carbocycles. The molecule has 138 valence electrons. The highest BCUT2D eigenvalue weighted by atomic mass is 16.5. The lowest BCUT2D eigenvalue weighted by atomic mass is 9.79. The number of unbranched alkanes of at least 4 members (excludes halogenated alkanes) is 3. The average molecular weight is 346 g/mol. The molecule has 1 aromatic carbocycles. The van der Waals surface area contributed by atoms with Crippen molar-refractivity contribution < 1.29 is 19.1 Å². The van der Waals surface area contributed by atoms with Crippen molar-refractivity contribution in [1.29, 1.82) is 0 Å². The van der Waals surface area contributed by atoms with Crippen LogP contribution in [-0.4, -0.2) is 18.5 Å². The molecule has 0 saturated heterocycles. The van der Waals surface area contributed by atoms with Gasteiger partial charge in [0.15, 0.2) is 0 Å². The number of carbonyl (C=O) groups is 2. The van der Waals surface area contributed by atoms with Gasteiger partial charge in [-0.2, -0.15) is 0 Å². The van der Waals surface area contributed by atoms with Gasteiger partial charge in [0.2, 0.25) is 0 Å². The Morgan fingerprint density at radius 2 is 1.56 bits per heavy atom. The van der Waals surface area contributed by atoms with Gasteiger partial charge < -0.3 is 9.47 Å². The van der Waals surface area contributed by atoms with Gasteiger partial charge in [-0.3, -0.25) is 9.59 Å². The number of hydrogen-bond acceptors (Lipinski definition) is 4. The van der Waals surface area contributed by atoms with Crippen LogP contribution in [0.2, 0.25) is 0 Å². The quantitative estimate of drug-likeness (QED) is 0.482. The molecular formula is C21H30O4. The molecule has 1 aliphatic rings. The summed E-state index contributed by atoms with van der Waals surface area (Å²) in [6.07, 6.45) is 7.67. The van der Waals surface area contributed by atoms with Crippen LogP contribution in [-0.2, 0) is 25.7 Å². The van der Waals surface area contributed by atoms with E-state index < -0.39 is 0 Å². The van der Waals surface area contributed by atoms with E-state index in [1.165, 1.54) is 0 Å². The maximum absolute atomic E-state index is 12.5. The first-order chi connectivity index (χ1) is 12.2. The SMILES string of the molecule is CCCCCCOC(=O)C1CCCCC1C(=O)OCc1ccccc1. The fraction of sp³-hybridized carbons (Fsp3) is 0.619. The average Bonchev–Trinajstić information content (AvgIpc) is 2.66. The fourth-order valence-corrected chi connectivity index (χ4v) is 3.34. The standard InChI is InChI=1S/C21H30O4/c1-2-3-4-10-15-24-20(22)18-13-8-9-14-19(18)21(23)25-16-17-11-6-5-7-12-17/h5-7,11-12,18-19H,2-4,8-10,13-16H2,1H3. The van der Waals surface area contributed by atoms with E-state index in [9.17, 15) is 9.59 Å². The van der Waals surface area contributed by atoms with E-state index in [-0.39, 0.29) is 30.4 Å². The molecule has 4 nitrogen and oxygen atoms in total. The molecule has 2 atom stereocenters. The zero-order valence-electron chi connectivity index (χ0n) is 15.2. The molecule has 0 radical (unpaired) electrons. The Bertz CT molecular complexity index is 526. The smallest absolute Gasteiger partial charge is 0.310 e. The zero-order chi connectivity index (χ0) is 17.9. The van der Waals surface area contributed by atoms with Gasteiger partial charge in [0.1, 0.15) is 6.61 Å². The van der Waals surface area contributed by atoms with Crippen LogP contribution in [0.15, 0.2) is 30.3 Å². The third-order valence-corrected chi connectivity index (χ3v) is 4.84. The van der Waals surface area contributed by atoms with Crippen LogP contribution in [0.5, 0.6) is 0 Å². The predicted octanol–water partition coefficient (Wildman–Crippen LogP) is 4.66. The van der Waals surface area contributed by atoms with Gasteiger partial charge in [-0.15, -0.1) is 0 Å². The first-order valence-electron chi connectivity index (χ1n) is 9.59. The molecule has 0 heterocycles. The molecule has 2 rings (SSSR count). The molecule has 1 fully saturated rings. The lowest BCUT2D eigenvalue weighted by Crippen LogP contribution is -2.35. The Balaban J connectivity index is 1.81. The van der Waals surface area contributed by atoms with Crippen LogP contribution in [0.3, 0.4) is 0 Å². The van der Waals surface area contributed by atoms with Crippen molar-refractivity contribution in [2.24, 2.45) is 11.8 Å². The van der Waals surface area contributed by atoms with Crippen LogP contribution in [0.1, 0.15) is 63.9 Å². The van der Waals surface area contributed by atoms with Crippen molar-refractivity contribution in [3.05, 3.63) is 35.9 Å². The summed E-state index contributed by atoms with van der Waals surface area (Å²) < 4.78 is 10.9. The summed E-state index contributed by atoms with van der Waals surface area (Å²) in [5.41, 5.74) is 0.960. The normalized spacial score (nSPS) is 20.0. The minimum absolute atomic E-state index is 0.224. The van der Waals surface area contributed by atoms with Gasteiger partial charge in [0.25, 0.3) is 0 Å². The van der Waals surface area contributed by atoms with Crippen molar-refractivity contribution >= 4 is 11.9 Å². The van der Waals surface area contributed by atoms with Crippen molar-refractivity contribution in [2.75, 3.05) is 6.61 Å². The summed E-state index contributed by atoms with van der Waals surface area (Å²) in [6.45, 7) is 2.87. The van der Waals surface area contributed by atoms with Crippen LogP contribution >= 0.6 is 0 Å². The molecule has 25 heavy (non-hydrogen) atoms. The fourth-order valence-electron chi connectivity index (χ4n) is 3.34. The topological polar surface area (TPSA) is 52.6 Å². The van der Waals surface area contributed by atoms with Gasteiger partial charge in [0.05, 0.1) is 18.4 Å². The Labute approximate surface area is 150 Å². The van der Waals surface area contributed by atoms with E-state index in [1.807, 2.05) is 30.3 Å². The molecule has 4 heteroatoms. The summed E-state index contributed by atoms with van der Waals surface area (Å²) >= 11 is 0. The second kappa shape index (κ2) is 10.9. The molecule has 0 spiro atoms. The summed E-state index contributed by atoms with van der Waals surface area (Å²) in [5.74, 6) is -1.20. The molecular weight excluding hydrogens is 316 g/mol. The summed E-state index contributed by atoms with van der Waals surface area (Å²) in [4.78, 5) is 24.9. The van der Waals surface area contributed by atoms with E-state index in [1.54, 1.807) is 0 Å². The lowest BCUT2D eigenvalue weighted by molar-refractivity contribution is -0.163. The number of ether oxygens (including phenoxy) is 2. The Morgan fingerprint density at radius 1 is 0.920 bits per heavy atom. The summed E-state index contributed by atoms with van der Waals surface area (Å²) in [6, 6.07) is 9.62. The number of rotatable bonds is 9. The van der Waals surface area contributed by atoms with Gasteiger partial charge in [-0.25, -0.2) is 0 Å². The Kier molecular flexibility index (Phi) is 8.50. The van der Waals surface area contributed by atoms with Crippen LogP contribution < -0.4 is 0 Å². The minimum Gasteiger partial charge on any atom is -0.465 e. The molecule has 0 N–H and O–H groups in total. The molecule has 0 aromatic heterocycles. The Hall–Kier alpha value is -1.84. The highest BCUT2D eigenvalue weighted by molar-refractivity contribution is 5.82. The molecule has 0 aliphatic heterocycles. The van der Waals surface area contributed by atoms with Gasteiger partial charge in [-0.1, -0.05) is 69.4 Å². The molecule has 0 amide bonds. The highest BCUT2D eigenvalue weighted by Crippen LogP contribution is 2.32. The van der Waals surface area contributed by atoms with E-state index in [2.05, 4.69) is 6.92 Å².